The molecule has 1 aliphatic heterocycles. The van der Waals surface area contributed by atoms with E-state index in [2.05, 4.69) is 20.4 Å². The highest BCUT2D eigenvalue weighted by atomic mass is 35.5. The van der Waals surface area contributed by atoms with Gasteiger partial charge in [0, 0.05) is 19.6 Å². The summed E-state index contributed by atoms with van der Waals surface area (Å²) in [5, 5.41) is 6.77. The highest BCUT2D eigenvalue weighted by Crippen LogP contribution is 2.20. The molecule has 0 spiro atoms. The molecular formula is C15H22ClN5O3. The number of furan rings is 1. The zero-order chi connectivity index (χ0) is 16.1. The number of halogens is 1. The van der Waals surface area contributed by atoms with E-state index in [0.29, 0.717) is 43.7 Å². The smallest absolute Gasteiger partial charge is 0.241 e. The Labute approximate surface area is 146 Å². The molecule has 9 heteroatoms. The van der Waals surface area contributed by atoms with Crippen LogP contribution in [0.1, 0.15) is 18.7 Å². The fraction of sp³-hybridized carbons (Fsp3) is 0.533. The summed E-state index contributed by atoms with van der Waals surface area (Å²) in [7, 11) is 0. The molecule has 0 aliphatic carbocycles. The summed E-state index contributed by atoms with van der Waals surface area (Å²) in [4.78, 5) is 18.6. The maximum absolute atomic E-state index is 12.1. The molecular weight excluding hydrogens is 334 g/mol. The van der Waals surface area contributed by atoms with Crippen molar-refractivity contribution in [2.75, 3.05) is 26.2 Å². The molecule has 3 heterocycles. The lowest BCUT2D eigenvalue weighted by molar-refractivity contribution is -0.126. The summed E-state index contributed by atoms with van der Waals surface area (Å²) < 4.78 is 10.5. The zero-order valence-corrected chi connectivity index (χ0v) is 14.1. The van der Waals surface area contributed by atoms with Gasteiger partial charge in [0.25, 0.3) is 0 Å². The van der Waals surface area contributed by atoms with Gasteiger partial charge >= 0.3 is 0 Å². The highest BCUT2D eigenvalue weighted by Gasteiger charge is 2.26. The fourth-order valence-corrected chi connectivity index (χ4v) is 2.77. The second-order valence-electron chi connectivity index (χ2n) is 5.64. The number of carbonyl (C=O) groups excluding carboxylic acids is 1. The Kier molecular flexibility index (Phi) is 6.77. The molecule has 24 heavy (non-hydrogen) atoms. The number of aromatic nitrogens is 2. The van der Waals surface area contributed by atoms with Crippen LogP contribution in [0.3, 0.4) is 0 Å². The van der Waals surface area contributed by atoms with Gasteiger partial charge in [0.1, 0.15) is 0 Å². The molecule has 1 aliphatic rings. The molecule has 132 valence electrons. The van der Waals surface area contributed by atoms with Crippen molar-refractivity contribution in [2.24, 2.45) is 11.7 Å². The lowest BCUT2D eigenvalue weighted by Crippen LogP contribution is -2.43. The molecule has 0 saturated carbocycles. The minimum atomic E-state index is -0.0113. The largest absolute Gasteiger partial charge is 0.461 e. The van der Waals surface area contributed by atoms with Crippen molar-refractivity contribution in [3.63, 3.8) is 0 Å². The van der Waals surface area contributed by atoms with Crippen LogP contribution in [0.5, 0.6) is 0 Å². The first-order chi connectivity index (χ1) is 11.3. The Morgan fingerprint density at radius 1 is 1.50 bits per heavy atom. The lowest BCUT2D eigenvalue weighted by Gasteiger charge is -2.30. The third-order valence-electron chi connectivity index (χ3n) is 3.89. The van der Waals surface area contributed by atoms with E-state index in [1.165, 1.54) is 0 Å². The van der Waals surface area contributed by atoms with Gasteiger partial charge in [-0.1, -0.05) is 5.16 Å². The highest BCUT2D eigenvalue weighted by molar-refractivity contribution is 5.85. The number of hydrogen-bond donors (Lipinski definition) is 2. The minimum absolute atomic E-state index is 0. The Hall–Kier alpha value is -1.90. The van der Waals surface area contributed by atoms with Crippen molar-refractivity contribution < 1.29 is 13.7 Å². The van der Waals surface area contributed by atoms with Crippen molar-refractivity contribution in [3.8, 4) is 11.6 Å². The second-order valence-corrected chi connectivity index (χ2v) is 5.64. The van der Waals surface area contributed by atoms with Crippen LogP contribution in [-0.2, 0) is 11.3 Å². The average Bonchev–Trinajstić information content (AvgIpc) is 3.24. The molecule has 1 amide bonds. The molecule has 0 radical (unpaired) electrons. The molecule has 2 aromatic rings. The van der Waals surface area contributed by atoms with E-state index in [1.807, 2.05) is 0 Å². The van der Waals surface area contributed by atoms with Gasteiger partial charge in [0.05, 0.1) is 18.7 Å². The van der Waals surface area contributed by atoms with Gasteiger partial charge in [-0.25, -0.2) is 0 Å². The first-order valence-corrected chi connectivity index (χ1v) is 7.83. The standard InChI is InChI=1S/C15H21N5O3.ClH/c16-5-6-17-15(21)11-3-1-7-20(9-11)10-13-18-14(19-23-13)12-4-2-8-22-12;/h2,4,8,11H,1,3,5-7,9-10,16H2,(H,17,21);1H. The average molecular weight is 356 g/mol. The number of rotatable bonds is 6. The summed E-state index contributed by atoms with van der Waals surface area (Å²) >= 11 is 0. The molecule has 1 atom stereocenters. The number of hydrogen-bond acceptors (Lipinski definition) is 7. The second kappa shape index (κ2) is 8.81. The van der Waals surface area contributed by atoms with Gasteiger partial charge < -0.3 is 20.0 Å². The summed E-state index contributed by atoms with van der Waals surface area (Å²) in [6, 6.07) is 3.56. The molecule has 8 nitrogen and oxygen atoms in total. The molecule has 1 saturated heterocycles. The SMILES string of the molecule is Cl.NCCNC(=O)C1CCCN(Cc2nc(-c3ccco3)no2)C1. The van der Waals surface area contributed by atoms with E-state index >= 15 is 0 Å². The molecule has 1 unspecified atom stereocenters. The van der Waals surface area contributed by atoms with Crippen molar-refractivity contribution >= 4 is 18.3 Å². The van der Waals surface area contributed by atoms with Gasteiger partial charge in [-0.15, -0.1) is 12.4 Å². The van der Waals surface area contributed by atoms with Gasteiger partial charge in [-0.3, -0.25) is 9.69 Å². The van der Waals surface area contributed by atoms with E-state index in [9.17, 15) is 4.79 Å². The summed E-state index contributed by atoms with van der Waals surface area (Å²) in [5.74, 6) is 1.61. The molecule has 2 aromatic heterocycles. The quantitative estimate of drug-likeness (QED) is 0.796. The number of amides is 1. The first kappa shape index (κ1) is 18.4. The Balaban J connectivity index is 0.00000208. The fourth-order valence-electron chi connectivity index (χ4n) is 2.77. The van der Waals surface area contributed by atoms with Gasteiger partial charge in [-0.05, 0) is 31.5 Å². The van der Waals surface area contributed by atoms with Gasteiger partial charge in [-0.2, -0.15) is 4.98 Å². The molecule has 1 fully saturated rings. The predicted octanol–water partition coefficient (Wildman–Crippen LogP) is 1.04. The Morgan fingerprint density at radius 3 is 3.12 bits per heavy atom. The topological polar surface area (TPSA) is 110 Å². The van der Waals surface area contributed by atoms with Crippen LogP contribution in [0.15, 0.2) is 27.3 Å². The molecule has 3 N–H and O–H groups in total. The van der Waals surface area contributed by atoms with Crippen LogP contribution in [0.25, 0.3) is 11.6 Å². The van der Waals surface area contributed by atoms with Crippen LogP contribution in [0, 0.1) is 5.92 Å². The van der Waals surface area contributed by atoms with Gasteiger partial charge in [0.15, 0.2) is 5.76 Å². The van der Waals surface area contributed by atoms with E-state index in [4.69, 9.17) is 14.7 Å². The number of nitrogens with zero attached hydrogens (tertiary/aromatic N) is 3. The van der Waals surface area contributed by atoms with Crippen LogP contribution >= 0.6 is 12.4 Å². The van der Waals surface area contributed by atoms with Crippen molar-refractivity contribution in [1.82, 2.24) is 20.4 Å². The monoisotopic (exact) mass is 355 g/mol. The minimum Gasteiger partial charge on any atom is -0.461 e. The summed E-state index contributed by atoms with van der Waals surface area (Å²) in [6.45, 7) is 3.12. The van der Waals surface area contributed by atoms with E-state index in [-0.39, 0.29) is 24.2 Å². The Bertz CT molecular complexity index is 631. The van der Waals surface area contributed by atoms with Crippen LogP contribution in [0.2, 0.25) is 0 Å². The third-order valence-corrected chi connectivity index (χ3v) is 3.89. The third kappa shape index (κ3) is 4.56. The number of likely N-dealkylation sites (tertiary alicyclic amines) is 1. The van der Waals surface area contributed by atoms with E-state index < -0.39 is 0 Å². The summed E-state index contributed by atoms with van der Waals surface area (Å²) in [6.07, 6.45) is 3.44. The van der Waals surface area contributed by atoms with E-state index in [1.54, 1.807) is 18.4 Å². The number of piperidine rings is 1. The van der Waals surface area contributed by atoms with E-state index in [0.717, 1.165) is 19.4 Å². The lowest BCUT2D eigenvalue weighted by atomic mass is 9.97. The number of carbonyl (C=O) groups is 1. The maximum atomic E-state index is 12.1. The van der Waals surface area contributed by atoms with Crippen LogP contribution in [0.4, 0.5) is 0 Å². The summed E-state index contributed by atoms with van der Waals surface area (Å²) in [5.41, 5.74) is 5.42. The predicted molar refractivity (Wildman–Crippen MR) is 89.3 cm³/mol. The normalized spacial score (nSPS) is 18.1. The van der Waals surface area contributed by atoms with Crippen molar-refractivity contribution in [1.29, 1.82) is 0 Å². The Morgan fingerprint density at radius 2 is 2.38 bits per heavy atom. The first-order valence-electron chi connectivity index (χ1n) is 7.83. The van der Waals surface area contributed by atoms with Gasteiger partial charge in [0.2, 0.25) is 17.6 Å². The molecule has 0 bridgehead atoms. The van der Waals surface area contributed by atoms with Crippen LogP contribution < -0.4 is 11.1 Å². The molecule has 0 aromatic carbocycles. The van der Waals surface area contributed by atoms with Crippen LogP contribution in [-0.4, -0.2) is 47.1 Å². The zero-order valence-electron chi connectivity index (χ0n) is 13.3. The van der Waals surface area contributed by atoms with Crippen molar-refractivity contribution in [3.05, 3.63) is 24.3 Å². The maximum Gasteiger partial charge on any atom is 0.241 e. The molecule has 3 rings (SSSR count). The number of nitrogens with one attached hydrogen (secondary N) is 1. The number of nitrogens with two attached hydrogens (primary N) is 1. The van der Waals surface area contributed by atoms with Crippen molar-refractivity contribution in [2.45, 2.75) is 19.4 Å².